The lowest BCUT2D eigenvalue weighted by molar-refractivity contribution is -0.112. The monoisotopic (exact) mass is 400 g/mol. The van der Waals surface area contributed by atoms with Crippen LogP contribution in [0.15, 0.2) is 64.6 Å². The van der Waals surface area contributed by atoms with Crippen molar-refractivity contribution < 1.29 is 13.6 Å². The fourth-order valence-electron chi connectivity index (χ4n) is 2.30. The Bertz CT molecular complexity index is 1050. The maximum atomic E-state index is 12.9. The standard InChI is InChI=1S/C20H11Cl2FN2O2/c21-14-7-12(8-15(22)10-14)19-6-5-18(27-19)9-13(11-24)20(26)25-17-3-1-16(23)2-4-17/h1-10H,(H,25,26). The van der Waals surface area contributed by atoms with Gasteiger partial charge in [-0.25, -0.2) is 4.39 Å². The summed E-state index contributed by atoms with van der Waals surface area (Å²) in [5.74, 6) is -0.255. The molecule has 0 aliphatic heterocycles. The molecule has 1 heterocycles. The molecule has 27 heavy (non-hydrogen) atoms. The lowest BCUT2D eigenvalue weighted by atomic mass is 10.2. The average Bonchev–Trinajstić information content (AvgIpc) is 3.09. The Hall–Kier alpha value is -3.07. The van der Waals surface area contributed by atoms with Gasteiger partial charge in [-0.1, -0.05) is 23.2 Å². The van der Waals surface area contributed by atoms with Crippen molar-refractivity contribution in [2.24, 2.45) is 0 Å². The van der Waals surface area contributed by atoms with Crippen LogP contribution >= 0.6 is 23.2 Å². The van der Waals surface area contributed by atoms with E-state index in [0.717, 1.165) is 0 Å². The predicted octanol–water partition coefficient (Wildman–Crippen LogP) is 5.94. The third-order valence-electron chi connectivity index (χ3n) is 3.53. The summed E-state index contributed by atoms with van der Waals surface area (Å²) in [4.78, 5) is 12.2. The van der Waals surface area contributed by atoms with Crippen LogP contribution < -0.4 is 5.32 Å². The van der Waals surface area contributed by atoms with Gasteiger partial charge in [0.2, 0.25) is 0 Å². The predicted molar refractivity (Wildman–Crippen MR) is 103 cm³/mol. The minimum absolute atomic E-state index is 0.163. The SMILES string of the molecule is N#CC(=Cc1ccc(-c2cc(Cl)cc(Cl)c2)o1)C(=O)Nc1ccc(F)cc1. The zero-order valence-corrected chi connectivity index (χ0v) is 15.2. The van der Waals surface area contributed by atoms with Crippen molar-refractivity contribution in [2.45, 2.75) is 0 Å². The summed E-state index contributed by atoms with van der Waals surface area (Å²) in [6.45, 7) is 0. The van der Waals surface area contributed by atoms with Gasteiger partial charge in [-0.3, -0.25) is 4.79 Å². The number of halogens is 3. The fourth-order valence-corrected chi connectivity index (χ4v) is 2.83. The Balaban J connectivity index is 1.81. The van der Waals surface area contributed by atoms with Gasteiger partial charge in [-0.2, -0.15) is 5.26 Å². The highest BCUT2D eigenvalue weighted by Crippen LogP contribution is 2.29. The van der Waals surface area contributed by atoms with E-state index in [-0.39, 0.29) is 5.57 Å². The second-order valence-corrected chi connectivity index (χ2v) is 6.36. The van der Waals surface area contributed by atoms with E-state index in [1.165, 1.54) is 30.3 Å². The molecule has 1 aromatic heterocycles. The molecule has 2 aromatic carbocycles. The molecule has 0 saturated carbocycles. The molecular formula is C20H11Cl2FN2O2. The molecular weight excluding hydrogens is 390 g/mol. The van der Waals surface area contributed by atoms with Crippen molar-refractivity contribution in [1.29, 1.82) is 5.26 Å². The number of nitrogens with zero attached hydrogens (tertiary/aromatic N) is 1. The summed E-state index contributed by atoms with van der Waals surface area (Å²) < 4.78 is 18.6. The Kier molecular flexibility index (Phi) is 5.60. The number of nitrogens with one attached hydrogen (secondary N) is 1. The molecule has 3 rings (SSSR count). The highest BCUT2D eigenvalue weighted by molar-refractivity contribution is 6.35. The first kappa shape index (κ1) is 18.7. The molecule has 0 fully saturated rings. The number of anilines is 1. The average molecular weight is 401 g/mol. The van der Waals surface area contributed by atoms with E-state index < -0.39 is 11.7 Å². The summed E-state index contributed by atoms with van der Waals surface area (Å²) in [6.07, 6.45) is 1.31. The number of carbonyl (C=O) groups is 1. The molecule has 0 radical (unpaired) electrons. The van der Waals surface area contributed by atoms with Gasteiger partial charge >= 0.3 is 0 Å². The van der Waals surface area contributed by atoms with Gasteiger partial charge < -0.3 is 9.73 Å². The van der Waals surface area contributed by atoms with Gasteiger partial charge in [0.05, 0.1) is 0 Å². The van der Waals surface area contributed by atoms with Crippen molar-refractivity contribution in [3.63, 3.8) is 0 Å². The van der Waals surface area contributed by atoms with Crippen molar-refractivity contribution in [1.82, 2.24) is 0 Å². The van der Waals surface area contributed by atoms with E-state index in [9.17, 15) is 14.4 Å². The second-order valence-electron chi connectivity index (χ2n) is 5.49. The minimum Gasteiger partial charge on any atom is -0.457 e. The number of amides is 1. The molecule has 0 saturated heterocycles. The Labute approximate surface area is 164 Å². The largest absolute Gasteiger partial charge is 0.457 e. The first-order valence-corrected chi connectivity index (χ1v) is 8.45. The van der Waals surface area contributed by atoms with Gasteiger partial charge in [0.1, 0.15) is 29.0 Å². The van der Waals surface area contributed by atoms with Crippen LogP contribution in [0, 0.1) is 17.1 Å². The van der Waals surface area contributed by atoms with Crippen molar-refractivity contribution in [2.75, 3.05) is 5.32 Å². The number of benzene rings is 2. The first-order chi connectivity index (χ1) is 12.9. The minimum atomic E-state index is -0.632. The lowest BCUT2D eigenvalue weighted by Crippen LogP contribution is -2.13. The van der Waals surface area contributed by atoms with Crippen molar-refractivity contribution in [3.8, 4) is 17.4 Å². The molecule has 7 heteroatoms. The Morgan fingerprint density at radius 1 is 1.07 bits per heavy atom. The molecule has 0 aliphatic carbocycles. The molecule has 1 amide bonds. The smallest absolute Gasteiger partial charge is 0.266 e. The van der Waals surface area contributed by atoms with Crippen LogP contribution in [0.4, 0.5) is 10.1 Å². The van der Waals surface area contributed by atoms with Crippen LogP contribution in [0.3, 0.4) is 0 Å². The number of hydrogen-bond donors (Lipinski definition) is 1. The summed E-state index contributed by atoms with van der Waals surface area (Å²) in [7, 11) is 0. The third-order valence-corrected chi connectivity index (χ3v) is 3.96. The highest BCUT2D eigenvalue weighted by atomic mass is 35.5. The van der Waals surface area contributed by atoms with Gasteiger partial charge in [0.25, 0.3) is 5.91 Å². The van der Waals surface area contributed by atoms with Crippen molar-refractivity contribution >= 4 is 40.9 Å². The zero-order chi connectivity index (χ0) is 19.4. The molecule has 0 unspecified atom stereocenters. The van der Waals surface area contributed by atoms with Crippen LogP contribution in [0.1, 0.15) is 5.76 Å². The van der Waals surface area contributed by atoms with Crippen LogP contribution in [-0.2, 0) is 4.79 Å². The maximum absolute atomic E-state index is 12.9. The maximum Gasteiger partial charge on any atom is 0.266 e. The quantitative estimate of drug-likeness (QED) is 0.435. The second kappa shape index (κ2) is 8.09. The van der Waals surface area contributed by atoms with Crippen molar-refractivity contribution in [3.05, 3.63) is 81.8 Å². The van der Waals surface area contributed by atoms with Gasteiger partial charge in [0, 0.05) is 27.4 Å². The third kappa shape index (κ3) is 4.76. The lowest BCUT2D eigenvalue weighted by Gasteiger charge is -2.03. The first-order valence-electron chi connectivity index (χ1n) is 7.69. The van der Waals surface area contributed by atoms with Gasteiger partial charge in [-0.05, 0) is 54.6 Å². The number of furan rings is 1. The highest BCUT2D eigenvalue weighted by Gasteiger charge is 2.12. The van der Waals surface area contributed by atoms with Crippen LogP contribution in [0.25, 0.3) is 17.4 Å². The molecule has 0 aliphatic rings. The molecule has 134 valence electrons. The van der Waals surface area contributed by atoms with E-state index >= 15 is 0 Å². The molecule has 0 spiro atoms. The van der Waals surface area contributed by atoms with Gasteiger partial charge in [0.15, 0.2) is 0 Å². The van der Waals surface area contributed by atoms with Crippen LogP contribution in [-0.4, -0.2) is 5.91 Å². The Morgan fingerprint density at radius 2 is 1.74 bits per heavy atom. The van der Waals surface area contributed by atoms with Crippen LogP contribution in [0.5, 0.6) is 0 Å². The van der Waals surface area contributed by atoms with E-state index in [0.29, 0.717) is 32.8 Å². The van der Waals surface area contributed by atoms with E-state index in [1.54, 1.807) is 30.3 Å². The zero-order valence-electron chi connectivity index (χ0n) is 13.7. The summed E-state index contributed by atoms with van der Waals surface area (Å²) in [6, 6.07) is 15.3. The topological polar surface area (TPSA) is 66.0 Å². The molecule has 0 atom stereocenters. The fraction of sp³-hybridized carbons (Fsp3) is 0. The molecule has 3 aromatic rings. The Morgan fingerprint density at radius 3 is 2.37 bits per heavy atom. The van der Waals surface area contributed by atoms with E-state index in [2.05, 4.69) is 5.32 Å². The normalized spacial score (nSPS) is 11.1. The molecule has 0 bridgehead atoms. The number of hydrogen-bond acceptors (Lipinski definition) is 3. The molecule has 1 N–H and O–H groups in total. The summed E-state index contributed by atoms with van der Waals surface area (Å²) in [5, 5.41) is 12.7. The summed E-state index contributed by atoms with van der Waals surface area (Å²) in [5.41, 5.74) is 0.877. The number of nitriles is 1. The van der Waals surface area contributed by atoms with E-state index in [1.807, 2.05) is 6.07 Å². The van der Waals surface area contributed by atoms with Gasteiger partial charge in [-0.15, -0.1) is 0 Å². The summed E-state index contributed by atoms with van der Waals surface area (Å²) >= 11 is 12.0. The van der Waals surface area contributed by atoms with Crippen LogP contribution in [0.2, 0.25) is 10.0 Å². The number of rotatable bonds is 4. The number of carbonyl (C=O) groups excluding carboxylic acids is 1. The van der Waals surface area contributed by atoms with E-state index in [4.69, 9.17) is 27.6 Å². The molecule has 4 nitrogen and oxygen atoms in total.